The van der Waals surface area contributed by atoms with E-state index in [0.717, 1.165) is 55.3 Å². The molecule has 0 saturated carbocycles. The second-order valence-corrected chi connectivity index (χ2v) is 24.7. The van der Waals surface area contributed by atoms with Gasteiger partial charge >= 0.3 is 371 Å². The third kappa shape index (κ3) is 9.38. The summed E-state index contributed by atoms with van der Waals surface area (Å²) in [4.78, 5) is 0. The summed E-state index contributed by atoms with van der Waals surface area (Å²) in [5.41, 5.74) is 13.1. The fourth-order valence-electron chi connectivity index (χ4n) is 9.28. The van der Waals surface area contributed by atoms with Crippen molar-refractivity contribution in [2.75, 3.05) is 0 Å². The number of hydrogen-bond donors (Lipinski definition) is 0. The zero-order valence-electron chi connectivity index (χ0n) is 37.1. The minimum absolute atomic E-state index is 0. The molecule has 0 amide bonds. The quantitative estimate of drug-likeness (QED) is 0.146. The molecular formula is C55H50Cl2F6Zr. The molecule has 0 unspecified atom stereocenters. The summed E-state index contributed by atoms with van der Waals surface area (Å²) in [5.74, 6) is 0. The van der Waals surface area contributed by atoms with Crippen molar-refractivity contribution in [1.29, 1.82) is 0 Å². The van der Waals surface area contributed by atoms with Gasteiger partial charge in [-0.05, 0) is 0 Å². The van der Waals surface area contributed by atoms with Crippen molar-refractivity contribution >= 4 is 6.48 Å². The van der Waals surface area contributed by atoms with Gasteiger partial charge in [-0.15, -0.1) is 0 Å². The normalized spacial score (nSPS) is 13.3. The number of allylic oxidation sites excluding steroid dienone is 4. The Bertz CT molecular complexity index is 2770. The molecule has 0 aromatic heterocycles. The van der Waals surface area contributed by atoms with Gasteiger partial charge in [-0.2, -0.15) is 0 Å². The summed E-state index contributed by atoms with van der Waals surface area (Å²) in [6, 6.07) is 34.6. The smallest absolute Gasteiger partial charge is 1.00 e. The molecule has 330 valence electrons. The third-order valence-corrected chi connectivity index (χ3v) is 20.1. The van der Waals surface area contributed by atoms with E-state index in [4.69, 9.17) is 0 Å². The summed E-state index contributed by atoms with van der Waals surface area (Å²) in [5, 5.41) is 0. The predicted molar refractivity (Wildman–Crippen MR) is 240 cm³/mol. The molecule has 0 atom stereocenters. The third-order valence-electron chi connectivity index (χ3n) is 12.4. The molecule has 2 aliphatic rings. The molecule has 0 bridgehead atoms. The van der Waals surface area contributed by atoms with Crippen molar-refractivity contribution in [2.24, 2.45) is 0 Å². The second kappa shape index (κ2) is 18.2. The molecule has 0 aliphatic heterocycles. The van der Waals surface area contributed by atoms with E-state index in [-0.39, 0.29) is 35.6 Å². The van der Waals surface area contributed by atoms with Crippen molar-refractivity contribution in [1.82, 2.24) is 0 Å². The first-order valence-corrected chi connectivity index (χ1v) is 24.8. The largest absolute Gasteiger partial charge is 1.00 e. The zero-order chi connectivity index (χ0) is 44.5. The van der Waals surface area contributed by atoms with Crippen LogP contribution in [0.15, 0.2) is 137 Å². The minimum Gasteiger partial charge on any atom is -1.00 e. The van der Waals surface area contributed by atoms with Gasteiger partial charge in [0.05, 0.1) is 0 Å². The van der Waals surface area contributed by atoms with Crippen LogP contribution >= 0.6 is 0 Å². The molecule has 2 aliphatic carbocycles. The van der Waals surface area contributed by atoms with Gasteiger partial charge < -0.3 is 24.8 Å². The Kier molecular flexibility index (Phi) is 14.0. The minimum atomic E-state index is -4.55. The fourth-order valence-corrected chi connectivity index (χ4v) is 17.7. The van der Waals surface area contributed by atoms with Crippen molar-refractivity contribution in [3.63, 3.8) is 0 Å². The molecule has 0 fully saturated rings. The number of alkyl halides is 6. The van der Waals surface area contributed by atoms with Crippen molar-refractivity contribution in [3.8, 4) is 33.4 Å². The Hall–Kier alpha value is -4.29. The van der Waals surface area contributed by atoms with Crippen LogP contribution in [0, 0.1) is 13.8 Å². The fraction of sp³-hybridized carbons (Fsp3) is 0.255. The van der Waals surface area contributed by atoms with E-state index in [0.29, 0.717) is 24.0 Å². The van der Waals surface area contributed by atoms with E-state index < -0.39 is 44.7 Å². The van der Waals surface area contributed by atoms with Crippen molar-refractivity contribution < 1.29 is 72.4 Å². The maximum absolute atomic E-state index is 14.1. The van der Waals surface area contributed by atoms with Gasteiger partial charge in [0, 0.05) is 0 Å². The Morgan fingerprint density at radius 3 is 1.47 bits per heavy atom. The SMILES string of the molecule is Cc1ccccc1-c1cc2c(cc1C(C)(C)C)-c1cc(C(C)(C)C)c(-c3ccccc3C)[c]([Zr+2]([C]3=CC=CC3)=[C](c3ccc(C(F)(F)F)cc3)c3ccc(C(F)(F)F)cc3)c1C2.[Cl-].[Cl-]. The van der Waals surface area contributed by atoms with Crippen LogP contribution in [0.25, 0.3) is 33.4 Å². The number of rotatable bonds is 6. The standard InChI is InChI=1S/C35H37.C15H8F6.C5H5.2ClH.Zr/c1-22-13-9-11-15-26(22)30-18-24-17-25-19-31(27-16-12-10-14-23(27)2)33(35(6,7)8)21-29(25)28(24)20-32(30)34(3,4)5;16-14(17,18)12-5-1-10(2-6-12)9-11-3-7-13(8-4-11)15(19,20)21;1-2-4-5-3-1;;;/h9-16,18,20-21H,17H2,1-8H3;1-8H;1-3H,4H2;2*1H;/q;;;;;+2/p-2. The van der Waals surface area contributed by atoms with E-state index in [1.165, 1.54) is 69.8 Å². The van der Waals surface area contributed by atoms with E-state index in [1.54, 1.807) is 0 Å². The first-order chi connectivity index (χ1) is 29.1. The number of hydrogen-bond acceptors (Lipinski definition) is 0. The Morgan fingerprint density at radius 2 is 1.02 bits per heavy atom. The van der Waals surface area contributed by atoms with Gasteiger partial charge in [0.25, 0.3) is 0 Å². The number of halogens is 8. The van der Waals surface area contributed by atoms with E-state index in [1.807, 2.05) is 12.1 Å². The first-order valence-electron chi connectivity index (χ1n) is 21.1. The molecule has 0 spiro atoms. The van der Waals surface area contributed by atoms with Crippen molar-refractivity contribution in [2.45, 2.75) is 91.4 Å². The van der Waals surface area contributed by atoms with E-state index in [2.05, 4.69) is 128 Å². The van der Waals surface area contributed by atoms with Crippen LogP contribution < -0.4 is 28.1 Å². The van der Waals surface area contributed by atoms with Crippen LogP contribution in [-0.4, -0.2) is 3.21 Å². The average molecular weight is 987 g/mol. The van der Waals surface area contributed by atoms with Crippen LogP contribution in [-0.2, 0) is 50.9 Å². The van der Waals surface area contributed by atoms with Crippen LogP contribution in [0.5, 0.6) is 0 Å². The maximum Gasteiger partial charge on any atom is -1.00 e. The topological polar surface area (TPSA) is 0 Å². The summed E-state index contributed by atoms with van der Waals surface area (Å²) >= 11 is -3.74. The van der Waals surface area contributed by atoms with Gasteiger partial charge in [-0.1, -0.05) is 0 Å². The van der Waals surface area contributed by atoms with Gasteiger partial charge in [0.2, 0.25) is 0 Å². The maximum atomic E-state index is 14.1. The van der Waals surface area contributed by atoms with Gasteiger partial charge in [0.15, 0.2) is 0 Å². The first kappa shape index (κ1) is 49.2. The molecule has 6 aromatic carbocycles. The van der Waals surface area contributed by atoms with Crippen LogP contribution in [0.2, 0.25) is 0 Å². The number of aryl methyl sites for hydroxylation is 2. The Balaban J connectivity index is 0.00000340. The summed E-state index contributed by atoms with van der Waals surface area (Å²) in [7, 11) is 0. The zero-order valence-corrected chi connectivity index (χ0v) is 41.1. The van der Waals surface area contributed by atoms with Gasteiger partial charge in [-0.25, -0.2) is 0 Å². The second-order valence-electron chi connectivity index (χ2n) is 18.8. The molecule has 0 N–H and O–H groups in total. The van der Waals surface area contributed by atoms with E-state index >= 15 is 0 Å². The van der Waals surface area contributed by atoms with Crippen LogP contribution in [0.4, 0.5) is 26.3 Å². The van der Waals surface area contributed by atoms with Crippen molar-refractivity contribution in [3.05, 3.63) is 192 Å². The number of fused-ring (bicyclic) bond motifs is 3. The molecule has 64 heavy (non-hydrogen) atoms. The summed E-state index contributed by atoms with van der Waals surface area (Å²) in [6.07, 6.45) is -1.48. The van der Waals surface area contributed by atoms with Crippen LogP contribution in [0.1, 0.15) is 104 Å². The number of benzene rings is 6. The van der Waals surface area contributed by atoms with Gasteiger partial charge in [-0.3, -0.25) is 0 Å². The molecular weight excluding hydrogens is 937 g/mol. The molecule has 0 nitrogen and oxygen atoms in total. The van der Waals surface area contributed by atoms with Gasteiger partial charge in [0.1, 0.15) is 0 Å². The Labute approximate surface area is 393 Å². The summed E-state index contributed by atoms with van der Waals surface area (Å²) in [6.45, 7) is 17.7. The molecule has 9 heteroatoms. The molecule has 6 aromatic rings. The predicted octanol–water partition coefficient (Wildman–Crippen LogP) is 9.21. The monoisotopic (exact) mass is 984 g/mol. The van der Waals surface area contributed by atoms with E-state index in [9.17, 15) is 26.3 Å². The molecule has 8 rings (SSSR count). The van der Waals surface area contributed by atoms with Crippen LogP contribution in [0.3, 0.4) is 0 Å². The Morgan fingerprint density at radius 1 is 0.531 bits per heavy atom. The molecule has 0 heterocycles. The average Bonchev–Trinajstić information content (AvgIpc) is 3.86. The summed E-state index contributed by atoms with van der Waals surface area (Å²) < 4.78 is 88.0. The molecule has 0 radical (unpaired) electrons. The molecule has 0 saturated heterocycles.